The highest BCUT2D eigenvalue weighted by Gasteiger charge is 2.44. The van der Waals surface area contributed by atoms with Crippen LogP contribution in [0.25, 0.3) is 20.9 Å². The van der Waals surface area contributed by atoms with E-state index in [0.717, 1.165) is 21.7 Å². The highest BCUT2D eigenvalue weighted by atomic mass is 32.1. The minimum atomic E-state index is -0.955. The van der Waals surface area contributed by atoms with Gasteiger partial charge in [-0.15, -0.1) is 11.3 Å². The number of ether oxygens (including phenoxy) is 3. The minimum Gasteiger partial charge on any atom is -0.391 e. The van der Waals surface area contributed by atoms with Gasteiger partial charge < -0.3 is 34.9 Å². The molecule has 14 nitrogen and oxygen atoms in total. The van der Waals surface area contributed by atoms with E-state index in [1.807, 2.05) is 64.4 Å². The monoisotopic (exact) mass is 659 g/mol. The van der Waals surface area contributed by atoms with Gasteiger partial charge in [0.05, 0.1) is 61.3 Å². The number of aryl methyl sites for hydroxylation is 1. The summed E-state index contributed by atoms with van der Waals surface area (Å²) in [6.07, 6.45) is -0.770. The SMILES string of the molecule is Cc1ncsc1-c1ccc(C(C)NC(=O)C2CC(O)CN2C(=O)C(NC(=O)COCCOCCOCCN=[N+]=[N-])C(C)(C)C)cc1. The lowest BCUT2D eigenvalue weighted by Crippen LogP contribution is -2.58. The molecule has 1 aliphatic heterocycles. The van der Waals surface area contributed by atoms with Crippen LogP contribution in [0.1, 0.15) is 51.4 Å². The predicted octanol–water partition coefficient (Wildman–Crippen LogP) is 3.15. The van der Waals surface area contributed by atoms with Crippen molar-refractivity contribution >= 4 is 29.1 Å². The van der Waals surface area contributed by atoms with E-state index in [1.54, 1.807) is 11.3 Å². The second kappa shape index (κ2) is 17.9. The topological polar surface area (TPSA) is 188 Å². The van der Waals surface area contributed by atoms with Gasteiger partial charge in [-0.1, -0.05) is 50.2 Å². The molecule has 4 atom stereocenters. The quantitative estimate of drug-likeness (QED) is 0.0999. The van der Waals surface area contributed by atoms with E-state index in [0.29, 0.717) is 19.8 Å². The van der Waals surface area contributed by atoms with Gasteiger partial charge in [0.15, 0.2) is 0 Å². The van der Waals surface area contributed by atoms with E-state index in [9.17, 15) is 19.5 Å². The van der Waals surface area contributed by atoms with Crippen molar-refractivity contribution in [3.63, 3.8) is 0 Å². The van der Waals surface area contributed by atoms with Crippen LogP contribution in [0.3, 0.4) is 0 Å². The molecule has 1 aromatic carbocycles. The molecular formula is C31H45N7O7S. The number of amides is 3. The molecule has 0 saturated carbocycles. The van der Waals surface area contributed by atoms with Crippen LogP contribution in [0, 0.1) is 12.3 Å². The molecule has 2 heterocycles. The molecule has 0 bridgehead atoms. The van der Waals surface area contributed by atoms with Crippen LogP contribution in [0.4, 0.5) is 0 Å². The summed E-state index contributed by atoms with van der Waals surface area (Å²) in [6.45, 7) is 10.6. The Morgan fingerprint density at radius 2 is 1.76 bits per heavy atom. The number of hydrogen-bond acceptors (Lipinski definition) is 10. The number of azide groups is 1. The molecule has 3 rings (SSSR count). The minimum absolute atomic E-state index is 0.0141. The Hall–Kier alpha value is -3.59. The summed E-state index contributed by atoms with van der Waals surface area (Å²) in [5.74, 6) is -1.30. The number of nitrogens with one attached hydrogen (secondary N) is 2. The Balaban J connectivity index is 1.51. The molecule has 3 amide bonds. The summed E-state index contributed by atoms with van der Waals surface area (Å²) in [5.41, 5.74) is 12.3. The number of rotatable bonds is 17. The molecule has 3 N–H and O–H groups in total. The number of aliphatic hydroxyl groups is 1. The van der Waals surface area contributed by atoms with Crippen molar-refractivity contribution in [1.82, 2.24) is 20.5 Å². The standard InChI is InChI=1S/C31H45N7O7S/c1-20(22-6-8-23(9-7-22)27-21(2)33-19-46-27)35-29(41)25-16-24(39)17-38(25)30(42)28(31(3,4)5)36-26(40)18-45-15-14-44-13-12-43-11-10-34-37-32/h6-9,19-20,24-25,28,39H,10-18H2,1-5H3,(H,35,41)(H,36,40). The van der Waals surface area contributed by atoms with E-state index < -0.39 is 35.4 Å². The fraction of sp³-hybridized carbons (Fsp3) is 0.613. The number of hydrogen-bond donors (Lipinski definition) is 3. The second-order valence-corrected chi connectivity index (χ2v) is 13.0. The maximum Gasteiger partial charge on any atom is 0.246 e. The van der Waals surface area contributed by atoms with Gasteiger partial charge in [-0.3, -0.25) is 14.4 Å². The van der Waals surface area contributed by atoms with E-state index in [-0.39, 0.29) is 51.3 Å². The van der Waals surface area contributed by atoms with Crippen molar-refractivity contribution in [1.29, 1.82) is 0 Å². The maximum atomic E-state index is 13.8. The highest BCUT2D eigenvalue weighted by Crippen LogP contribution is 2.29. The van der Waals surface area contributed by atoms with Crippen LogP contribution in [0.15, 0.2) is 34.9 Å². The van der Waals surface area contributed by atoms with Crippen molar-refractivity contribution < 1.29 is 33.7 Å². The van der Waals surface area contributed by atoms with E-state index in [1.165, 1.54) is 4.90 Å². The van der Waals surface area contributed by atoms with Crippen LogP contribution >= 0.6 is 11.3 Å². The van der Waals surface area contributed by atoms with Crippen molar-refractivity contribution in [3.8, 4) is 10.4 Å². The number of aliphatic hydroxyl groups excluding tert-OH is 1. The molecule has 252 valence electrons. The third kappa shape index (κ3) is 11.0. The van der Waals surface area contributed by atoms with Gasteiger partial charge in [0.1, 0.15) is 18.7 Å². The fourth-order valence-corrected chi connectivity index (χ4v) is 5.78. The molecule has 0 spiro atoms. The first-order valence-electron chi connectivity index (χ1n) is 15.2. The number of likely N-dealkylation sites (tertiary alicyclic amines) is 1. The Kier molecular flexibility index (Phi) is 14.4. The molecule has 0 radical (unpaired) electrons. The molecule has 2 aromatic rings. The van der Waals surface area contributed by atoms with Gasteiger partial charge in [-0.05, 0) is 35.9 Å². The maximum absolute atomic E-state index is 13.8. The number of carbonyl (C=O) groups is 3. The normalized spacial score (nSPS) is 17.7. The van der Waals surface area contributed by atoms with Gasteiger partial charge in [0.25, 0.3) is 0 Å². The molecule has 15 heteroatoms. The van der Waals surface area contributed by atoms with E-state index >= 15 is 0 Å². The number of carbonyl (C=O) groups excluding carboxylic acids is 3. The second-order valence-electron chi connectivity index (χ2n) is 12.1. The van der Waals surface area contributed by atoms with Crippen molar-refractivity contribution in [2.75, 3.05) is 52.7 Å². The summed E-state index contributed by atoms with van der Waals surface area (Å²) in [7, 11) is 0. The van der Waals surface area contributed by atoms with Crippen molar-refractivity contribution in [2.45, 2.75) is 65.3 Å². The van der Waals surface area contributed by atoms with Gasteiger partial charge in [0.2, 0.25) is 17.7 Å². The predicted molar refractivity (Wildman–Crippen MR) is 173 cm³/mol. The van der Waals surface area contributed by atoms with Gasteiger partial charge in [0, 0.05) is 24.4 Å². The fourth-order valence-electron chi connectivity index (χ4n) is 4.97. The molecule has 1 aromatic heterocycles. The molecule has 0 aliphatic carbocycles. The first kappa shape index (κ1) is 36.9. The van der Waals surface area contributed by atoms with Crippen molar-refractivity contribution in [2.24, 2.45) is 10.5 Å². The van der Waals surface area contributed by atoms with Crippen LogP contribution in [0.2, 0.25) is 0 Å². The Morgan fingerprint density at radius 1 is 1.11 bits per heavy atom. The summed E-state index contributed by atoms with van der Waals surface area (Å²) < 4.78 is 16.0. The number of aromatic nitrogens is 1. The van der Waals surface area contributed by atoms with Crippen molar-refractivity contribution in [3.05, 3.63) is 51.5 Å². The summed E-state index contributed by atoms with van der Waals surface area (Å²) >= 11 is 1.57. The van der Waals surface area contributed by atoms with Crippen LogP contribution in [-0.4, -0.2) is 104 Å². The third-order valence-corrected chi connectivity index (χ3v) is 8.41. The van der Waals surface area contributed by atoms with E-state index in [4.69, 9.17) is 19.7 Å². The lowest BCUT2D eigenvalue weighted by atomic mass is 9.85. The Bertz CT molecular complexity index is 1340. The lowest BCUT2D eigenvalue weighted by molar-refractivity contribution is -0.144. The largest absolute Gasteiger partial charge is 0.391 e. The zero-order valence-electron chi connectivity index (χ0n) is 27.1. The first-order valence-corrected chi connectivity index (χ1v) is 16.1. The summed E-state index contributed by atoms with van der Waals surface area (Å²) in [5, 5.41) is 19.6. The Morgan fingerprint density at radius 3 is 2.37 bits per heavy atom. The molecule has 1 saturated heterocycles. The first-order chi connectivity index (χ1) is 21.9. The van der Waals surface area contributed by atoms with Gasteiger partial charge in [-0.2, -0.15) is 0 Å². The average molecular weight is 660 g/mol. The third-order valence-electron chi connectivity index (χ3n) is 7.44. The molecule has 1 fully saturated rings. The van der Waals surface area contributed by atoms with Crippen LogP contribution < -0.4 is 10.6 Å². The van der Waals surface area contributed by atoms with Gasteiger partial charge in [-0.25, -0.2) is 4.98 Å². The number of thiazole rings is 1. The molecule has 46 heavy (non-hydrogen) atoms. The number of nitrogens with zero attached hydrogens (tertiary/aromatic N) is 5. The summed E-state index contributed by atoms with van der Waals surface area (Å²) in [6, 6.07) is 5.72. The smallest absolute Gasteiger partial charge is 0.246 e. The molecular weight excluding hydrogens is 614 g/mol. The zero-order chi connectivity index (χ0) is 33.7. The van der Waals surface area contributed by atoms with E-state index in [2.05, 4.69) is 25.6 Å². The number of β-amino-alcohol motifs (C(OH)–C–C–N with tert-alkyl or cyclic N) is 1. The average Bonchev–Trinajstić information content (AvgIpc) is 3.63. The van der Waals surface area contributed by atoms with Crippen LogP contribution in [-0.2, 0) is 28.6 Å². The lowest BCUT2D eigenvalue weighted by Gasteiger charge is -2.35. The Labute approximate surface area is 273 Å². The van der Waals surface area contributed by atoms with Gasteiger partial charge >= 0.3 is 0 Å². The number of benzene rings is 1. The molecule has 4 unspecified atom stereocenters. The summed E-state index contributed by atoms with van der Waals surface area (Å²) in [4.78, 5) is 49.4. The molecule has 1 aliphatic rings. The zero-order valence-corrected chi connectivity index (χ0v) is 27.9. The van der Waals surface area contributed by atoms with Crippen LogP contribution in [0.5, 0.6) is 0 Å². The highest BCUT2D eigenvalue weighted by molar-refractivity contribution is 7.13.